The molecule has 0 spiro atoms. The molecule has 122 valence electrons. The summed E-state index contributed by atoms with van der Waals surface area (Å²) in [4.78, 5) is 0. The van der Waals surface area contributed by atoms with Gasteiger partial charge in [-0.3, -0.25) is 0 Å². The molecule has 6 heteroatoms. The fraction of sp³-hybridized carbons (Fsp3) is 0.235. The summed E-state index contributed by atoms with van der Waals surface area (Å²) in [5, 5.41) is 12.2. The van der Waals surface area contributed by atoms with Gasteiger partial charge in [-0.15, -0.1) is 10.2 Å². The van der Waals surface area contributed by atoms with Gasteiger partial charge in [0.15, 0.2) is 6.33 Å². The number of rotatable bonds is 2. The minimum Gasteiger partial charge on any atom is -0.399 e. The zero-order valence-electron chi connectivity index (χ0n) is 13.6. The molecule has 1 heterocycles. The van der Waals surface area contributed by atoms with Crippen LogP contribution < -0.4 is 11.5 Å². The summed E-state index contributed by atoms with van der Waals surface area (Å²) >= 11 is 0. The Hall–Kier alpha value is -2.89. The number of nitrogens with one attached hydrogen (secondary N) is 1. The summed E-state index contributed by atoms with van der Waals surface area (Å²) in [6.07, 6.45) is 3.97. The van der Waals surface area contributed by atoms with E-state index in [0.717, 1.165) is 22.5 Å². The smallest absolute Gasteiger partial charge is 0.161 e. The Balaban J connectivity index is 0.000000242. The quantitative estimate of drug-likeness (QED) is 0.628. The molecule has 3 rings (SSSR count). The molecule has 0 fully saturated rings. The number of anilines is 2. The normalized spacial score (nSPS) is 9.13. The summed E-state index contributed by atoms with van der Waals surface area (Å²) in [5.74, 6) is 0. The van der Waals surface area contributed by atoms with Crippen molar-refractivity contribution in [3.8, 4) is 11.1 Å². The van der Waals surface area contributed by atoms with Crippen LogP contribution in [0, 0.1) is 0 Å². The summed E-state index contributed by atoms with van der Waals surface area (Å²) in [7, 11) is 0. The third-order valence-corrected chi connectivity index (χ3v) is 2.92. The van der Waals surface area contributed by atoms with E-state index in [0.29, 0.717) is 0 Å². The van der Waals surface area contributed by atoms with E-state index in [1.54, 1.807) is 0 Å². The fourth-order valence-electron chi connectivity index (χ4n) is 1.48. The Kier molecular flexibility index (Phi) is 8.51. The van der Waals surface area contributed by atoms with E-state index >= 15 is 0 Å². The van der Waals surface area contributed by atoms with Gasteiger partial charge in [-0.05, 0) is 35.4 Å². The van der Waals surface area contributed by atoms with Crippen molar-refractivity contribution in [1.29, 1.82) is 0 Å². The lowest BCUT2D eigenvalue weighted by atomic mass is 10.1. The number of nitrogens with two attached hydrogens (primary N) is 2. The van der Waals surface area contributed by atoms with E-state index in [4.69, 9.17) is 11.5 Å². The van der Waals surface area contributed by atoms with E-state index in [2.05, 4.69) is 34.5 Å². The Morgan fingerprint density at radius 1 is 0.783 bits per heavy atom. The van der Waals surface area contributed by atoms with Crippen molar-refractivity contribution in [3.05, 3.63) is 54.9 Å². The average Bonchev–Trinajstić information content (AvgIpc) is 3.16. The van der Waals surface area contributed by atoms with Crippen molar-refractivity contribution in [2.75, 3.05) is 11.5 Å². The van der Waals surface area contributed by atoms with Gasteiger partial charge in [0.25, 0.3) is 0 Å². The molecule has 0 unspecified atom stereocenters. The molecule has 0 saturated heterocycles. The molecule has 6 nitrogen and oxygen atoms in total. The summed E-state index contributed by atoms with van der Waals surface area (Å²) < 4.78 is 0. The van der Waals surface area contributed by atoms with E-state index in [9.17, 15) is 0 Å². The van der Waals surface area contributed by atoms with Gasteiger partial charge in [0, 0.05) is 11.4 Å². The monoisotopic (exact) mass is 312 g/mol. The number of tetrazole rings is 1. The van der Waals surface area contributed by atoms with Gasteiger partial charge in [0.2, 0.25) is 0 Å². The van der Waals surface area contributed by atoms with E-state index in [1.165, 1.54) is 19.2 Å². The van der Waals surface area contributed by atoms with Crippen LogP contribution in [0.3, 0.4) is 0 Å². The predicted molar refractivity (Wildman–Crippen MR) is 95.5 cm³/mol. The lowest BCUT2D eigenvalue weighted by molar-refractivity contribution is 0.881. The number of nitrogen functional groups attached to an aromatic ring is 2. The average molecular weight is 312 g/mol. The van der Waals surface area contributed by atoms with Gasteiger partial charge >= 0.3 is 0 Å². The Bertz CT molecular complexity index is 554. The molecular formula is C17H24N6. The zero-order valence-corrected chi connectivity index (χ0v) is 13.6. The molecule has 0 bridgehead atoms. The molecule has 0 amide bonds. The second-order valence-electron chi connectivity index (χ2n) is 4.80. The topological polar surface area (TPSA) is 107 Å². The maximum atomic E-state index is 5.61. The molecule has 0 aliphatic carbocycles. The highest BCUT2D eigenvalue weighted by molar-refractivity contribution is 5.67. The van der Waals surface area contributed by atoms with Crippen LogP contribution in [0.15, 0.2) is 54.9 Å². The molecule has 0 aliphatic heterocycles. The molecular weight excluding hydrogens is 288 g/mol. The van der Waals surface area contributed by atoms with Gasteiger partial charge in [-0.1, -0.05) is 56.2 Å². The van der Waals surface area contributed by atoms with Crippen LogP contribution in [0.2, 0.25) is 0 Å². The van der Waals surface area contributed by atoms with Crippen LogP contribution in [0.25, 0.3) is 11.1 Å². The SMILES string of the molecule is CCCC.Nc1ccc(-c2ccc(N)cc2)cc1.c1nn[nH]n1. The second-order valence-corrected chi connectivity index (χ2v) is 4.80. The first-order valence-corrected chi connectivity index (χ1v) is 7.55. The number of hydrogen-bond donors (Lipinski definition) is 3. The lowest BCUT2D eigenvalue weighted by Crippen LogP contribution is -1.85. The van der Waals surface area contributed by atoms with Gasteiger partial charge in [-0.25, -0.2) is 0 Å². The first-order chi connectivity index (χ1) is 11.2. The lowest BCUT2D eigenvalue weighted by Gasteiger charge is -2.02. The predicted octanol–water partition coefficient (Wildman–Crippen LogP) is 3.52. The molecule has 5 N–H and O–H groups in total. The highest BCUT2D eigenvalue weighted by Gasteiger charge is 1.95. The van der Waals surface area contributed by atoms with Crippen molar-refractivity contribution in [2.45, 2.75) is 26.7 Å². The molecule has 0 aliphatic rings. The highest BCUT2D eigenvalue weighted by atomic mass is 15.5. The maximum absolute atomic E-state index is 5.61. The van der Waals surface area contributed by atoms with Crippen molar-refractivity contribution in [1.82, 2.24) is 20.6 Å². The Morgan fingerprint density at radius 3 is 1.43 bits per heavy atom. The van der Waals surface area contributed by atoms with Crippen molar-refractivity contribution >= 4 is 11.4 Å². The van der Waals surface area contributed by atoms with E-state index in [1.807, 2.05) is 48.5 Å². The molecule has 3 aromatic rings. The first-order valence-electron chi connectivity index (χ1n) is 7.55. The number of aromatic amines is 1. The first kappa shape index (κ1) is 18.2. The molecule has 0 atom stereocenters. The number of benzene rings is 2. The van der Waals surface area contributed by atoms with Crippen LogP contribution >= 0.6 is 0 Å². The van der Waals surface area contributed by atoms with Gasteiger partial charge in [0.05, 0.1) is 0 Å². The third kappa shape index (κ3) is 7.61. The van der Waals surface area contributed by atoms with Crippen LogP contribution in [0.1, 0.15) is 26.7 Å². The van der Waals surface area contributed by atoms with Crippen LogP contribution in [0.5, 0.6) is 0 Å². The molecule has 0 saturated carbocycles. The number of hydrogen-bond acceptors (Lipinski definition) is 5. The number of nitrogens with zero attached hydrogens (tertiary/aromatic N) is 3. The third-order valence-electron chi connectivity index (χ3n) is 2.92. The van der Waals surface area contributed by atoms with Crippen LogP contribution in [-0.4, -0.2) is 20.6 Å². The standard InChI is InChI=1S/C12H12N2.C4H10.CH2N4/c13-11-5-1-9(2-6-11)10-3-7-12(14)8-4-10;1-3-4-2;1-2-4-5-3-1/h1-8H,13-14H2;3-4H2,1-2H3;1H,(H,2,3,4,5). The highest BCUT2D eigenvalue weighted by Crippen LogP contribution is 2.21. The van der Waals surface area contributed by atoms with Crippen molar-refractivity contribution in [3.63, 3.8) is 0 Å². The van der Waals surface area contributed by atoms with Gasteiger partial charge < -0.3 is 11.5 Å². The summed E-state index contributed by atoms with van der Waals surface area (Å²) in [5.41, 5.74) is 15.1. The van der Waals surface area contributed by atoms with Crippen LogP contribution in [0.4, 0.5) is 11.4 Å². The van der Waals surface area contributed by atoms with Gasteiger partial charge in [0.1, 0.15) is 0 Å². The molecule has 0 radical (unpaired) electrons. The largest absolute Gasteiger partial charge is 0.399 e. The van der Waals surface area contributed by atoms with Crippen molar-refractivity contribution < 1.29 is 0 Å². The number of H-pyrrole nitrogens is 1. The summed E-state index contributed by atoms with van der Waals surface area (Å²) in [6.45, 7) is 4.36. The van der Waals surface area contributed by atoms with E-state index in [-0.39, 0.29) is 0 Å². The zero-order chi connectivity index (χ0) is 16.9. The van der Waals surface area contributed by atoms with E-state index < -0.39 is 0 Å². The minimum atomic E-state index is 0.782. The summed E-state index contributed by atoms with van der Waals surface area (Å²) in [6, 6.07) is 15.6. The van der Waals surface area contributed by atoms with Crippen LogP contribution in [-0.2, 0) is 0 Å². The molecule has 23 heavy (non-hydrogen) atoms. The molecule has 2 aromatic carbocycles. The Morgan fingerprint density at radius 2 is 1.22 bits per heavy atom. The minimum absolute atomic E-state index is 0.782. The van der Waals surface area contributed by atoms with Gasteiger partial charge in [-0.2, -0.15) is 5.21 Å². The molecule has 1 aromatic heterocycles. The second kappa shape index (κ2) is 10.8. The van der Waals surface area contributed by atoms with Crippen molar-refractivity contribution in [2.24, 2.45) is 0 Å². The fourth-order valence-corrected chi connectivity index (χ4v) is 1.48. The number of unbranched alkanes of at least 4 members (excludes halogenated alkanes) is 1. The number of aromatic nitrogens is 4. The maximum Gasteiger partial charge on any atom is 0.161 e. The Labute approximate surface area is 136 Å².